The number of hydrogen-bond acceptors (Lipinski definition) is 4. The van der Waals surface area contributed by atoms with Crippen molar-refractivity contribution in [3.8, 4) is 0 Å². The molecule has 0 aromatic carbocycles. The highest BCUT2D eigenvalue weighted by Crippen LogP contribution is 2.40. The minimum atomic E-state index is -2.76. The quantitative estimate of drug-likeness (QED) is 0.838. The van der Waals surface area contributed by atoms with Crippen LogP contribution < -0.4 is 5.32 Å². The summed E-state index contributed by atoms with van der Waals surface area (Å²) < 4.78 is 23.2. The maximum absolute atomic E-state index is 11.6. The van der Waals surface area contributed by atoms with Gasteiger partial charge in [0.15, 0.2) is 9.84 Å². The minimum Gasteiger partial charge on any atom is -0.313 e. The number of rotatable bonds is 5. The first kappa shape index (κ1) is 15.8. The molecule has 1 N–H and O–H groups in total. The summed E-state index contributed by atoms with van der Waals surface area (Å²) in [5.41, 5.74) is 0.376. The van der Waals surface area contributed by atoms with Gasteiger partial charge >= 0.3 is 0 Å². The van der Waals surface area contributed by atoms with E-state index in [-0.39, 0.29) is 0 Å². The smallest absolute Gasteiger partial charge is 0.152 e. The van der Waals surface area contributed by atoms with E-state index in [1.807, 2.05) is 0 Å². The largest absolute Gasteiger partial charge is 0.313 e. The fourth-order valence-electron chi connectivity index (χ4n) is 4.16. The second kappa shape index (κ2) is 6.17. The lowest BCUT2D eigenvalue weighted by Gasteiger charge is -2.44. The fraction of sp³-hybridized carbons (Fsp3) is 1.00. The van der Waals surface area contributed by atoms with Gasteiger partial charge in [0.1, 0.15) is 0 Å². The topological polar surface area (TPSA) is 49.4 Å². The van der Waals surface area contributed by atoms with Crippen molar-refractivity contribution >= 4 is 9.84 Å². The second-order valence-corrected chi connectivity index (χ2v) is 10.1. The Kier molecular flexibility index (Phi) is 4.63. The predicted molar refractivity (Wildman–Crippen MR) is 86.2 cm³/mol. The van der Waals surface area contributed by atoms with Crippen LogP contribution in [0, 0.1) is 11.3 Å². The van der Waals surface area contributed by atoms with Crippen molar-refractivity contribution in [1.29, 1.82) is 0 Å². The van der Waals surface area contributed by atoms with Crippen molar-refractivity contribution in [3.63, 3.8) is 0 Å². The van der Waals surface area contributed by atoms with Crippen LogP contribution in [-0.2, 0) is 9.84 Å². The van der Waals surface area contributed by atoms with Gasteiger partial charge in [0, 0.05) is 32.2 Å². The molecule has 2 unspecified atom stereocenters. The van der Waals surface area contributed by atoms with Crippen LogP contribution in [0.25, 0.3) is 0 Å². The van der Waals surface area contributed by atoms with Gasteiger partial charge in [0.2, 0.25) is 0 Å². The van der Waals surface area contributed by atoms with Crippen LogP contribution in [0.2, 0.25) is 0 Å². The van der Waals surface area contributed by atoms with E-state index in [0.29, 0.717) is 16.9 Å². The molecule has 0 radical (unpaired) electrons. The van der Waals surface area contributed by atoms with Gasteiger partial charge in [-0.05, 0) is 37.0 Å². The fourth-order valence-corrected chi connectivity index (χ4v) is 5.44. The van der Waals surface area contributed by atoms with Crippen molar-refractivity contribution in [1.82, 2.24) is 10.2 Å². The lowest BCUT2D eigenvalue weighted by Crippen LogP contribution is -2.50. The van der Waals surface area contributed by atoms with Gasteiger partial charge in [-0.2, -0.15) is 0 Å². The molecule has 2 aliphatic carbocycles. The van der Waals surface area contributed by atoms with Gasteiger partial charge in [-0.25, -0.2) is 8.42 Å². The highest BCUT2D eigenvalue weighted by molar-refractivity contribution is 7.91. The first-order valence-electron chi connectivity index (χ1n) is 8.63. The molecule has 2 saturated carbocycles. The number of nitrogens with one attached hydrogen (secondary N) is 1. The van der Waals surface area contributed by atoms with Crippen LogP contribution in [-0.4, -0.2) is 57.0 Å². The highest BCUT2D eigenvalue weighted by Gasteiger charge is 2.38. The standard InChI is InChI=1S/C16H30N2O2S/c1-14-3-2-6-16(11-14,12-17-15-4-5-15)13-18-7-9-21(19,20)10-8-18/h14-15,17H,2-13H2,1H3. The van der Waals surface area contributed by atoms with Crippen LogP contribution in [0.3, 0.4) is 0 Å². The molecule has 0 aromatic heterocycles. The van der Waals surface area contributed by atoms with Crippen LogP contribution in [0.4, 0.5) is 0 Å². The van der Waals surface area contributed by atoms with Crippen molar-refractivity contribution < 1.29 is 8.42 Å². The third-order valence-electron chi connectivity index (χ3n) is 5.52. The normalized spacial score (nSPS) is 37.5. The Hall–Kier alpha value is -0.130. The number of hydrogen-bond donors (Lipinski definition) is 1. The first-order valence-corrected chi connectivity index (χ1v) is 10.4. The molecule has 3 aliphatic rings. The molecule has 21 heavy (non-hydrogen) atoms. The van der Waals surface area contributed by atoms with Crippen LogP contribution in [0.5, 0.6) is 0 Å². The first-order chi connectivity index (χ1) is 9.96. The molecule has 1 aliphatic heterocycles. The molecule has 0 spiro atoms. The zero-order valence-electron chi connectivity index (χ0n) is 13.3. The van der Waals surface area contributed by atoms with Gasteiger partial charge in [-0.1, -0.05) is 19.8 Å². The molecule has 3 fully saturated rings. The van der Waals surface area contributed by atoms with E-state index < -0.39 is 9.84 Å². The van der Waals surface area contributed by atoms with E-state index in [0.717, 1.165) is 38.1 Å². The van der Waals surface area contributed by atoms with Gasteiger partial charge in [-0.3, -0.25) is 0 Å². The summed E-state index contributed by atoms with van der Waals surface area (Å²) >= 11 is 0. The van der Waals surface area contributed by atoms with Crippen LogP contribution in [0.15, 0.2) is 0 Å². The molecule has 122 valence electrons. The molecule has 1 heterocycles. The second-order valence-electron chi connectivity index (χ2n) is 7.78. The molecule has 2 atom stereocenters. The Labute approximate surface area is 129 Å². The Morgan fingerprint density at radius 1 is 1.19 bits per heavy atom. The van der Waals surface area contributed by atoms with E-state index in [9.17, 15) is 8.42 Å². The summed E-state index contributed by atoms with van der Waals surface area (Å²) in [5, 5.41) is 3.75. The molecule has 0 bridgehead atoms. The van der Waals surface area contributed by atoms with E-state index >= 15 is 0 Å². The number of sulfone groups is 1. The lowest BCUT2D eigenvalue weighted by molar-refractivity contribution is 0.0835. The highest BCUT2D eigenvalue weighted by atomic mass is 32.2. The molecule has 3 rings (SSSR count). The Morgan fingerprint density at radius 3 is 2.52 bits per heavy atom. The van der Waals surface area contributed by atoms with Crippen LogP contribution >= 0.6 is 0 Å². The van der Waals surface area contributed by atoms with E-state index in [1.54, 1.807) is 0 Å². The van der Waals surface area contributed by atoms with Crippen molar-refractivity contribution in [2.24, 2.45) is 11.3 Å². The summed E-state index contributed by atoms with van der Waals surface area (Å²) in [6, 6.07) is 0.765. The summed E-state index contributed by atoms with van der Waals surface area (Å²) in [6.45, 7) is 6.08. The van der Waals surface area contributed by atoms with Gasteiger partial charge in [0.25, 0.3) is 0 Å². The molecule has 0 aromatic rings. The molecular weight excluding hydrogens is 284 g/mol. The SMILES string of the molecule is CC1CCCC(CNC2CC2)(CN2CCS(=O)(=O)CC2)C1. The maximum Gasteiger partial charge on any atom is 0.152 e. The molecule has 4 nitrogen and oxygen atoms in total. The Bertz CT molecular complexity index is 447. The summed E-state index contributed by atoms with van der Waals surface area (Å²) in [5.74, 6) is 1.52. The van der Waals surface area contributed by atoms with Crippen molar-refractivity contribution in [2.45, 2.75) is 51.5 Å². The zero-order valence-corrected chi connectivity index (χ0v) is 14.1. The predicted octanol–water partition coefficient (Wildman–Crippen LogP) is 1.67. The number of nitrogens with zero attached hydrogens (tertiary/aromatic N) is 1. The average molecular weight is 314 g/mol. The van der Waals surface area contributed by atoms with Gasteiger partial charge in [0.05, 0.1) is 11.5 Å². The minimum absolute atomic E-state index is 0.356. The van der Waals surface area contributed by atoms with Gasteiger partial charge in [-0.15, -0.1) is 0 Å². The Morgan fingerprint density at radius 2 is 1.90 bits per heavy atom. The average Bonchev–Trinajstić information content (AvgIpc) is 3.24. The van der Waals surface area contributed by atoms with Crippen LogP contribution in [0.1, 0.15) is 45.4 Å². The Balaban J connectivity index is 1.60. The monoisotopic (exact) mass is 314 g/mol. The lowest BCUT2D eigenvalue weighted by atomic mass is 9.69. The molecule has 0 amide bonds. The van der Waals surface area contributed by atoms with E-state index in [2.05, 4.69) is 17.1 Å². The van der Waals surface area contributed by atoms with Gasteiger partial charge < -0.3 is 10.2 Å². The third kappa shape index (κ3) is 4.42. The summed E-state index contributed by atoms with van der Waals surface area (Å²) in [6.07, 6.45) is 7.98. The summed E-state index contributed by atoms with van der Waals surface area (Å²) in [7, 11) is -2.76. The summed E-state index contributed by atoms with van der Waals surface area (Å²) in [4.78, 5) is 2.41. The zero-order chi connectivity index (χ0) is 14.9. The van der Waals surface area contributed by atoms with Crippen molar-refractivity contribution in [3.05, 3.63) is 0 Å². The molecule has 1 saturated heterocycles. The molecular formula is C16H30N2O2S. The third-order valence-corrected chi connectivity index (χ3v) is 7.13. The van der Waals surface area contributed by atoms with Crippen molar-refractivity contribution in [2.75, 3.05) is 37.7 Å². The maximum atomic E-state index is 11.6. The van der Waals surface area contributed by atoms with E-state index in [4.69, 9.17) is 0 Å². The van der Waals surface area contributed by atoms with E-state index in [1.165, 1.54) is 38.5 Å². The molecule has 5 heteroatoms.